The maximum absolute atomic E-state index is 12.9. The first kappa shape index (κ1) is 19.2. The lowest BCUT2D eigenvalue weighted by atomic mass is 10.1. The number of anilines is 1. The Balaban J connectivity index is 2.09. The predicted octanol–water partition coefficient (Wildman–Crippen LogP) is 2.42. The van der Waals surface area contributed by atoms with Gasteiger partial charge in [0.2, 0.25) is 0 Å². The van der Waals surface area contributed by atoms with Crippen LogP contribution in [0.25, 0.3) is 6.08 Å². The summed E-state index contributed by atoms with van der Waals surface area (Å²) < 4.78 is 32.4. The molecule has 2 aromatic carbocycles. The summed E-state index contributed by atoms with van der Waals surface area (Å²) in [7, 11) is -4.54. The van der Waals surface area contributed by atoms with Crippen LogP contribution in [0.5, 0.6) is 0 Å². The Morgan fingerprint density at radius 2 is 1.70 bits per heavy atom. The smallest absolute Gasteiger partial charge is 0.295 e. The standard InChI is InChI=1S/C17H11ClN2O5S2/c18-11-5-7-12(8-6-11)20-16(22)13(15(21)19-17(20)26)9-10-3-1-2-4-14(10)27(23,24)25/h1-9H,(H,19,21,26)(H,23,24,25). The van der Waals surface area contributed by atoms with Crippen LogP contribution in [-0.4, -0.2) is 29.9 Å². The third-order valence-corrected chi connectivity index (χ3v) is 5.15. The molecule has 138 valence electrons. The van der Waals surface area contributed by atoms with Gasteiger partial charge in [-0.15, -0.1) is 0 Å². The fourth-order valence-corrected chi connectivity index (χ4v) is 3.55. The minimum Gasteiger partial charge on any atom is -0.298 e. The Kier molecular flexibility index (Phi) is 5.11. The average Bonchev–Trinajstić information content (AvgIpc) is 2.59. The van der Waals surface area contributed by atoms with E-state index >= 15 is 0 Å². The minimum absolute atomic E-state index is 0.0117. The number of hydrogen-bond donors (Lipinski definition) is 2. The van der Waals surface area contributed by atoms with E-state index in [0.29, 0.717) is 10.7 Å². The SMILES string of the molecule is O=C1NC(=S)N(c2ccc(Cl)cc2)C(=O)C1=Cc1ccccc1S(=O)(=O)O. The van der Waals surface area contributed by atoms with Crippen LogP contribution in [0.15, 0.2) is 59.0 Å². The van der Waals surface area contributed by atoms with Gasteiger partial charge < -0.3 is 0 Å². The third-order valence-electron chi connectivity index (χ3n) is 3.68. The Hall–Kier alpha value is -2.59. The molecular weight excluding hydrogens is 412 g/mol. The van der Waals surface area contributed by atoms with Crippen LogP contribution in [0, 0.1) is 0 Å². The zero-order valence-corrected chi connectivity index (χ0v) is 15.8. The van der Waals surface area contributed by atoms with E-state index in [2.05, 4.69) is 5.32 Å². The van der Waals surface area contributed by atoms with E-state index in [1.54, 1.807) is 24.3 Å². The number of nitrogens with one attached hydrogen (secondary N) is 1. The lowest BCUT2D eigenvalue weighted by molar-refractivity contribution is -0.122. The van der Waals surface area contributed by atoms with E-state index in [0.717, 1.165) is 17.0 Å². The molecule has 1 heterocycles. The summed E-state index contributed by atoms with van der Waals surface area (Å²) in [6.45, 7) is 0. The molecule has 27 heavy (non-hydrogen) atoms. The molecule has 0 aromatic heterocycles. The Labute approximate surface area is 165 Å². The van der Waals surface area contributed by atoms with E-state index in [1.165, 1.54) is 18.2 Å². The van der Waals surface area contributed by atoms with Gasteiger partial charge in [-0.3, -0.25) is 24.4 Å². The van der Waals surface area contributed by atoms with Gasteiger partial charge >= 0.3 is 0 Å². The molecule has 2 N–H and O–H groups in total. The zero-order chi connectivity index (χ0) is 19.8. The van der Waals surface area contributed by atoms with Crippen LogP contribution < -0.4 is 10.2 Å². The van der Waals surface area contributed by atoms with E-state index in [-0.39, 0.29) is 16.2 Å². The maximum Gasteiger partial charge on any atom is 0.295 e. The van der Waals surface area contributed by atoms with Crippen molar-refractivity contribution in [2.24, 2.45) is 0 Å². The molecule has 0 atom stereocenters. The average molecular weight is 423 g/mol. The number of amides is 2. The second-order valence-electron chi connectivity index (χ2n) is 5.45. The highest BCUT2D eigenvalue weighted by atomic mass is 35.5. The fourth-order valence-electron chi connectivity index (χ4n) is 2.47. The number of carbonyl (C=O) groups excluding carboxylic acids is 2. The van der Waals surface area contributed by atoms with Crippen molar-refractivity contribution in [3.63, 3.8) is 0 Å². The molecule has 0 spiro atoms. The minimum atomic E-state index is -4.54. The van der Waals surface area contributed by atoms with E-state index in [1.807, 2.05) is 0 Å². The molecule has 0 bridgehead atoms. The van der Waals surface area contributed by atoms with Gasteiger partial charge in [0.15, 0.2) is 5.11 Å². The largest absolute Gasteiger partial charge is 0.298 e. The van der Waals surface area contributed by atoms with Crippen LogP contribution in [0.1, 0.15) is 5.56 Å². The Morgan fingerprint density at radius 1 is 1.07 bits per heavy atom. The molecule has 1 saturated heterocycles. The van der Waals surface area contributed by atoms with Crippen LogP contribution in [0.2, 0.25) is 5.02 Å². The summed E-state index contributed by atoms with van der Waals surface area (Å²) >= 11 is 10.9. The van der Waals surface area contributed by atoms with E-state index in [4.69, 9.17) is 23.8 Å². The number of rotatable bonds is 3. The highest BCUT2D eigenvalue weighted by Crippen LogP contribution is 2.25. The molecule has 3 rings (SSSR count). The summed E-state index contributed by atoms with van der Waals surface area (Å²) in [5, 5.41) is 2.72. The zero-order valence-electron chi connectivity index (χ0n) is 13.4. The number of nitrogens with zero attached hydrogens (tertiary/aromatic N) is 1. The molecule has 0 saturated carbocycles. The molecule has 0 aliphatic carbocycles. The molecule has 7 nitrogen and oxygen atoms in total. The first-order valence-electron chi connectivity index (χ1n) is 7.42. The quantitative estimate of drug-likeness (QED) is 0.341. The number of thiocarbonyl (C=S) groups is 1. The number of hydrogen-bond acceptors (Lipinski definition) is 5. The summed E-state index contributed by atoms with van der Waals surface area (Å²) in [4.78, 5) is 25.8. The normalized spacial score (nSPS) is 16.6. The van der Waals surface area contributed by atoms with Gasteiger partial charge in [-0.1, -0.05) is 29.8 Å². The molecule has 1 fully saturated rings. The summed E-state index contributed by atoms with van der Waals surface area (Å²) in [6, 6.07) is 11.6. The third kappa shape index (κ3) is 3.91. The highest BCUT2D eigenvalue weighted by Gasteiger charge is 2.34. The highest BCUT2D eigenvalue weighted by molar-refractivity contribution is 7.86. The van der Waals surface area contributed by atoms with Crippen LogP contribution in [0.4, 0.5) is 5.69 Å². The Bertz CT molecular complexity index is 1090. The first-order valence-corrected chi connectivity index (χ1v) is 9.64. The van der Waals surface area contributed by atoms with Gasteiger partial charge in [-0.25, -0.2) is 0 Å². The van der Waals surface area contributed by atoms with Gasteiger partial charge in [0.05, 0.1) is 5.69 Å². The van der Waals surface area contributed by atoms with Crippen molar-refractivity contribution in [1.82, 2.24) is 5.32 Å². The van der Waals surface area contributed by atoms with Gasteiger partial charge in [0.25, 0.3) is 21.9 Å². The molecule has 0 unspecified atom stereocenters. The molecule has 1 aliphatic heterocycles. The molecule has 10 heteroatoms. The molecule has 2 amide bonds. The summed E-state index contributed by atoms with van der Waals surface area (Å²) in [5.74, 6) is -1.52. The van der Waals surface area contributed by atoms with Gasteiger partial charge in [0.1, 0.15) is 10.5 Å². The van der Waals surface area contributed by atoms with Crippen LogP contribution in [-0.2, 0) is 19.7 Å². The number of carbonyl (C=O) groups is 2. The number of benzene rings is 2. The second kappa shape index (κ2) is 7.20. The van der Waals surface area contributed by atoms with Crippen molar-refractivity contribution in [2.75, 3.05) is 4.90 Å². The van der Waals surface area contributed by atoms with Gasteiger partial charge in [-0.2, -0.15) is 8.42 Å². The van der Waals surface area contributed by atoms with Crippen LogP contribution >= 0.6 is 23.8 Å². The topological polar surface area (TPSA) is 104 Å². The van der Waals surface area contributed by atoms with Crippen molar-refractivity contribution in [3.8, 4) is 0 Å². The Morgan fingerprint density at radius 3 is 2.33 bits per heavy atom. The van der Waals surface area contributed by atoms with E-state index < -0.39 is 26.8 Å². The van der Waals surface area contributed by atoms with Gasteiger partial charge in [0, 0.05) is 5.02 Å². The number of halogens is 1. The van der Waals surface area contributed by atoms with Crippen molar-refractivity contribution in [3.05, 3.63) is 64.7 Å². The lowest BCUT2D eigenvalue weighted by Gasteiger charge is -2.29. The maximum atomic E-state index is 12.9. The molecular formula is C17H11ClN2O5S2. The van der Waals surface area contributed by atoms with E-state index in [9.17, 15) is 22.6 Å². The monoisotopic (exact) mass is 422 g/mol. The predicted molar refractivity (Wildman–Crippen MR) is 104 cm³/mol. The van der Waals surface area contributed by atoms with Gasteiger partial charge in [-0.05, 0) is 54.2 Å². The van der Waals surface area contributed by atoms with Crippen molar-refractivity contribution in [2.45, 2.75) is 4.90 Å². The summed E-state index contributed by atoms with van der Waals surface area (Å²) in [6.07, 6.45) is 1.09. The lowest BCUT2D eigenvalue weighted by Crippen LogP contribution is -2.54. The second-order valence-corrected chi connectivity index (χ2v) is 7.66. The van der Waals surface area contributed by atoms with Crippen molar-refractivity contribution < 1.29 is 22.6 Å². The molecule has 2 aromatic rings. The first-order chi connectivity index (χ1) is 12.7. The summed E-state index contributed by atoms with van der Waals surface area (Å²) in [5.41, 5.74) is 0.0281. The molecule has 0 radical (unpaired) electrons. The molecule has 1 aliphatic rings. The van der Waals surface area contributed by atoms with Crippen molar-refractivity contribution in [1.29, 1.82) is 0 Å². The van der Waals surface area contributed by atoms with Crippen LogP contribution in [0.3, 0.4) is 0 Å². The fraction of sp³-hybridized carbons (Fsp3) is 0. The van der Waals surface area contributed by atoms with Crippen molar-refractivity contribution >= 4 is 62.6 Å².